The van der Waals surface area contributed by atoms with Gasteiger partial charge in [-0.25, -0.2) is 4.79 Å². The highest BCUT2D eigenvalue weighted by Gasteiger charge is 2.29. The maximum absolute atomic E-state index is 12.9. The minimum absolute atomic E-state index is 0.256. The monoisotopic (exact) mass is 482 g/mol. The van der Waals surface area contributed by atoms with Gasteiger partial charge in [0.2, 0.25) is 0 Å². The first-order valence-electron chi connectivity index (χ1n) is 10.2. The Morgan fingerprint density at radius 1 is 1.09 bits per heavy atom. The Morgan fingerprint density at radius 3 is 2.52 bits per heavy atom. The molecule has 0 unspecified atom stereocenters. The van der Waals surface area contributed by atoms with Crippen molar-refractivity contribution in [3.05, 3.63) is 81.5 Å². The van der Waals surface area contributed by atoms with Gasteiger partial charge >= 0.3 is 5.97 Å². The molecule has 2 aromatic carbocycles. The zero-order chi connectivity index (χ0) is 23.7. The molecule has 2 heterocycles. The first kappa shape index (κ1) is 22.8. The number of amides is 1. The van der Waals surface area contributed by atoms with E-state index in [1.54, 1.807) is 81.4 Å². The van der Waals surface area contributed by atoms with Crippen molar-refractivity contribution < 1.29 is 18.7 Å². The molecule has 33 heavy (non-hydrogen) atoms. The summed E-state index contributed by atoms with van der Waals surface area (Å²) in [5, 5.41) is 6.56. The van der Waals surface area contributed by atoms with Crippen LogP contribution in [-0.4, -0.2) is 23.7 Å². The van der Waals surface area contributed by atoms with Crippen molar-refractivity contribution in [2.75, 3.05) is 5.01 Å². The molecule has 8 heteroatoms. The highest BCUT2D eigenvalue weighted by molar-refractivity contribution is 6.34. The van der Waals surface area contributed by atoms with Gasteiger partial charge in [0.1, 0.15) is 11.5 Å². The van der Waals surface area contributed by atoms with Crippen LogP contribution in [0.1, 0.15) is 36.9 Å². The number of furan rings is 1. The third-order valence-corrected chi connectivity index (χ3v) is 5.44. The van der Waals surface area contributed by atoms with E-state index in [9.17, 15) is 9.59 Å². The number of carbonyl (C=O) groups excluding carboxylic acids is 2. The molecule has 1 aliphatic heterocycles. The molecule has 4 rings (SSSR count). The number of anilines is 1. The van der Waals surface area contributed by atoms with Crippen molar-refractivity contribution in [2.45, 2.75) is 26.9 Å². The average molecular weight is 483 g/mol. The summed E-state index contributed by atoms with van der Waals surface area (Å²) in [5.74, 6) is 0.225. The lowest BCUT2D eigenvalue weighted by Crippen LogP contribution is -2.21. The predicted molar refractivity (Wildman–Crippen MR) is 130 cm³/mol. The molecule has 0 radical (unpaired) electrons. The molecule has 0 saturated carbocycles. The van der Waals surface area contributed by atoms with Gasteiger partial charge in [-0.1, -0.05) is 23.2 Å². The fourth-order valence-electron chi connectivity index (χ4n) is 3.28. The molecule has 0 fully saturated rings. The van der Waals surface area contributed by atoms with Crippen molar-refractivity contribution in [1.82, 2.24) is 0 Å². The summed E-state index contributed by atoms with van der Waals surface area (Å²) < 4.78 is 11.2. The van der Waals surface area contributed by atoms with Crippen LogP contribution in [0, 0.1) is 0 Å². The predicted octanol–water partition coefficient (Wildman–Crippen LogP) is 6.62. The topological polar surface area (TPSA) is 72.1 Å². The van der Waals surface area contributed by atoms with Crippen molar-refractivity contribution >= 4 is 52.6 Å². The number of hydrogen-bond acceptors (Lipinski definition) is 5. The molecule has 0 spiro atoms. The second-order valence-corrected chi connectivity index (χ2v) is 8.53. The van der Waals surface area contributed by atoms with Crippen molar-refractivity contribution in [3.8, 4) is 11.3 Å². The van der Waals surface area contributed by atoms with Crippen LogP contribution in [0.15, 0.2) is 69.7 Å². The van der Waals surface area contributed by atoms with E-state index in [0.717, 1.165) is 0 Å². The molecule has 6 nitrogen and oxygen atoms in total. The molecule has 0 aliphatic carbocycles. The Balaban J connectivity index is 1.59. The Morgan fingerprint density at radius 2 is 1.82 bits per heavy atom. The molecular weight excluding hydrogens is 463 g/mol. The SMILES string of the molecule is CC1=NN(c2ccc(Cl)cc2)C(=O)C1=Cc1ccc(-c2ccc(Cl)c(C(=O)OC(C)C)c2)o1. The smallest absolute Gasteiger partial charge is 0.339 e. The minimum Gasteiger partial charge on any atom is -0.459 e. The first-order valence-corrected chi connectivity index (χ1v) is 11.0. The fourth-order valence-corrected chi connectivity index (χ4v) is 3.60. The summed E-state index contributed by atoms with van der Waals surface area (Å²) in [6.45, 7) is 5.30. The number of hydrogen-bond donors (Lipinski definition) is 0. The van der Waals surface area contributed by atoms with Crippen LogP contribution in [0.2, 0.25) is 10.0 Å². The summed E-state index contributed by atoms with van der Waals surface area (Å²) in [4.78, 5) is 25.3. The van der Waals surface area contributed by atoms with Crippen LogP contribution in [0.4, 0.5) is 5.69 Å². The largest absolute Gasteiger partial charge is 0.459 e. The minimum atomic E-state index is -0.503. The lowest BCUT2D eigenvalue weighted by Gasteiger charge is -2.11. The summed E-state index contributed by atoms with van der Waals surface area (Å²) >= 11 is 12.1. The molecule has 1 aliphatic rings. The summed E-state index contributed by atoms with van der Waals surface area (Å²) in [6.07, 6.45) is 1.38. The normalized spacial score (nSPS) is 14.8. The summed E-state index contributed by atoms with van der Waals surface area (Å²) in [5.41, 5.74) is 2.52. The van der Waals surface area contributed by atoms with E-state index in [4.69, 9.17) is 32.4 Å². The number of hydrazone groups is 1. The summed E-state index contributed by atoms with van der Waals surface area (Å²) in [7, 11) is 0. The number of halogens is 2. The van der Waals surface area contributed by atoms with Crippen molar-refractivity contribution in [3.63, 3.8) is 0 Å². The maximum Gasteiger partial charge on any atom is 0.339 e. The van der Waals surface area contributed by atoms with E-state index >= 15 is 0 Å². The van der Waals surface area contributed by atoms with Crippen LogP contribution in [-0.2, 0) is 9.53 Å². The molecule has 0 N–H and O–H groups in total. The molecule has 1 amide bonds. The second kappa shape index (κ2) is 9.25. The Kier molecular flexibility index (Phi) is 6.40. The lowest BCUT2D eigenvalue weighted by molar-refractivity contribution is -0.114. The quantitative estimate of drug-likeness (QED) is 0.302. The van der Waals surface area contributed by atoms with Gasteiger partial charge in [0.05, 0.1) is 33.7 Å². The summed E-state index contributed by atoms with van der Waals surface area (Å²) in [6, 6.07) is 15.4. The van der Waals surface area contributed by atoms with Crippen LogP contribution in [0.25, 0.3) is 17.4 Å². The van der Waals surface area contributed by atoms with Gasteiger partial charge in [-0.15, -0.1) is 0 Å². The highest BCUT2D eigenvalue weighted by atomic mass is 35.5. The van der Waals surface area contributed by atoms with E-state index in [2.05, 4.69) is 5.10 Å². The van der Waals surface area contributed by atoms with Crippen LogP contribution in [0.3, 0.4) is 0 Å². The zero-order valence-corrected chi connectivity index (χ0v) is 19.6. The first-order chi connectivity index (χ1) is 15.7. The van der Waals surface area contributed by atoms with Crippen molar-refractivity contribution in [2.24, 2.45) is 5.10 Å². The van der Waals surface area contributed by atoms with E-state index in [1.165, 1.54) is 5.01 Å². The van der Waals surface area contributed by atoms with Gasteiger partial charge < -0.3 is 9.15 Å². The van der Waals surface area contributed by atoms with Crippen LogP contribution < -0.4 is 5.01 Å². The Hall–Kier alpha value is -3.35. The molecule has 3 aromatic rings. The maximum atomic E-state index is 12.9. The van der Waals surface area contributed by atoms with Crippen LogP contribution in [0.5, 0.6) is 0 Å². The lowest BCUT2D eigenvalue weighted by atomic mass is 10.1. The fraction of sp³-hybridized carbons (Fsp3) is 0.160. The third-order valence-electron chi connectivity index (χ3n) is 4.86. The van der Waals surface area contributed by atoms with Crippen LogP contribution >= 0.6 is 23.2 Å². The molecular formula is C25H20Cl2N2O4. The van der Waals surface area contributed by atoms with Gasteiger partial charge in [0, 0.05) is 10.6 Å². The molecule has 1 aromatic heterocycles. The standard InChI is InChI=1S/C25H20Cl2N2O4/c1-14(2)32-25(31)21-12-16(4-10-22(21)27)23-11-9-19(33-23)13-20-15(3)28-29(24(20)30)18-7-5-17(26)6-8-18/h4-14H,1-3H3. The van der Waals surface area contributed by atoms with Gasteiger partial charge in [-0.3, -0.25) is 4.79 Å². The number of ether oxygens (including phenoxy) is 1. The third kappa shape index (κ3) is 4.87. The number of esters is 1. The molecule has 0 bridgehead atoms. The number of rotatable bonds is 5. The van der Waals surface area contributed by atoms with Gasteiger partial charge in [-0.05, 0) is 81.4 Å². The molecule has 0 atom stereocenters. The van der Waals surface area contributed by atoms with Gasteiger partial charge in [0.15, 0.2) is 0 Å². The van der Waals surface area contributed by atoms with E-state index in [0.29, 0.717) is 44.1 Å². The van der Waals surface area contributed by atoms with Gasteiger partial charge in [0.25, 0.3) is 5.91 Å². The van der Waals surface area contributed by atoms with E-state index < -0.39 is 5.97 Å². The zero-order valence-electron chi connectivity index (χ0n) is 18.1. The Bertz CT molecular complexity index is 1290. The number of benzene rings is 2. The average Bonchev–Trinajstić information content (AvgIpc) is 3.34. The highest BCUT2D eigenvalue weighted by Crippen LogP contribution is 2.30. The number of nitrogens with zero attached hydrogens (tertiary/aromatic N) is 2. The Labute approximate surface area is 201 Å². The molecule has 168 valence electrons. The number of carbonyl (C=O) groups is 2. The van der Waals surface area contributed by atoms with Gasteiger partial charge in [-0.2, -0.15) is 10.1 Å². The van der Waals surface area contributed by atoms with Crippen molar-refractivity contribution in [1.29, 1.82) is 0 Å². The molecule has 0 saturated heterocycles. The second-order valence-electron chi connectivity index (χ2n) is 7.69. The van der Waals surface area contributed by atoms with E-state index in [-0.39, 0.29) is 17.6 Å². The van der Waals surface area contributed by atoms with E-state index in [1.807, 2.05) is 0 Å².